The average molecular weight is 695 g/mol. The fraction of sp³-hybridized carbons (Fsp3) is 0.429. The summed E-state index contributed by atoms with van der Waals surface area (Å²) in [6.07, 6.45) is 2.40. The molecule has 0 unspecified atom stereocenters. The van der Waals surface area contributed by atoms with Crippen LogP contribution in [-0.2, 0) is 38.8 Å². The minimum Gasteiger partial charge on any atom is -0.445 e. The molecular formula is C35H43ClN6O5S. The second-order valence-electron chi connectivity index (χ2n) is 12.3. The highest BCUT2D eigenvalue weighted by Gasteiger charge is 2.42. The van der Waals surface area contributed by atoms with Gasteiger partial charge < -0.3 is 36.1 Å². The van der Waals surface area contributed by atoms with Crippen molar-refractivity contribution >= 4 is 46.7 Å². The SMILES string of the molecule is N=C(N)c1csc(CNC(=O)[C@@H]2C[C@@H](OCc3ccc(Cl)cc3)CN2C(=O)[C@@H](CCC2CCNCC2)NC(=O)OCc2ccccc2)c1. The van der Waals surface area contributed by atoms with Gasteiger partial charge >= 0.3 is 6.09 Å². The van der Waals surface area contributed by atoms with E-state index >= 15 is 0 Å². The van der Waals surface area contributed by atoms with Crippen LogP contribution in [-0.4, -0.2) is 66.5 Å². The topological polar surface area (TPSA) is 159 Å². The van der Waals surface area contributed by atoms with Crippen molar-refractivity contribution in [3.63, 3.8) is 0 Å². The van der Waals surface area contributed by atoms with E-state index in [0.29, 0.717) is 36.0 Å². The van der Waals surface area contributed by atoms with Gasteiger partial charge in [-0.1, -0.05) is 54.1 Å². The van der Waals surface area contributed by atoms with E-state index in [2.05, 4.69) is 16.0 Å². The van der Waals surface area contributed by atoms with E-state index in [1.165, 1.54) is 11.3 Å². The molecule has 0 spiro atoms. The summed E-state index contributed by atoms with van der Waals surface area (Å²) < 4.78 is 11.7. The van der Waals surface area contributed by atoms with Gasteiger partial charge in [-0.2, -0.15) is 0 Å². The predicted molar refractivity (Wildman–Crippen MR) is 186 cm³/mol. The van der Waals surface area contributed by atoms with Gasteiger partial charge in [0.15, 0.2) is 0 Å². The number of hydrogen-bond acceptors (Lipinski definition) is 8. The third-order valence-corrected chi connectivity index (χ3v) is 9.96. The van der Waals surface area contributed by atoms with Gasteiger partial charge in [0.1, 0.15) is 24.5 Å². The molecule has 2 aromatic carbocycles. The third kappa shape index (κ3) is 10.3. The van der Waals surface area contributed by atoms with E-state index < -0.39 is 24.3 Å². The summed E-state index contributed by atoms with van der Waals surface area (Å²) in [6.45, 7) is 2.65. The van der Waals surface area contributed by atoms with Crippen LogP contribution in [0.25, 0.3) is 0 Å². The molecule has 6 N–H and O–H groups in total. The quantitative estimate of drug-likeness (QED) is 0.122. The van der Waals surface area contributed by atoms with Crippen LogP contribution >= 0.6 is 22.9 Å². The summed E-state index contributed by atoms with van der Waals surface area (Å²) in [5, 5.41) is 19.2. The number of nitrogens with zero attached hydrogens (tertiary/aromatic N) is 1. The van der Waals surface area contributed by atoms with Crippen LogP contribution < -0.4 is 21.7 Å². The van der Waals surface area contributed by atoms with E-state index in [1.807, 2.05) is 42.5 Å². The maximum absolute atomic E-state index is 14.3. The molecule has 13 heteroatoms. The van der Waals surface area contributed by atoms with Crippen LogP contribution in [0.1, 0.15) is 53.7 Å². The highest BCUT2D eigenvalue weighted by atomic mass is 35.5. The van der Waals surface area contributed by atoms with Crippen LogP contribution in [0.4, 0.5) is 4.79 Å². The number of halogens is 1. The molecule has 2 fully saturated rings. The molecule has 3 atom stereocenters. The van der Waals surface area contributed by atoms with Gasteiger partial charge in [-0.3, -0.25) is 15.0 Å². The molecule has 0 aliphatic carbocycles. The predicted octanol–water partition coefficient (Wildman–Crippen LogP) is 4.56. The summed E-state index contributed by atoms with van der Waals surface area (Å²) in [4.78, 5) is 43.4. The number of carbonyl (C=O) groups is 3. The number of thiophene rings is 1. The smallest absolute Gasteiger partial charge is 0.408 e. The standard InChI is InChI=1S/C35H43ClN6O5S/c36-27-9-6-25(7-10-27)20-46-28-17-31(33(43)40-18-29-16-26(22-48-29)32(37)38)42(19-28)34(44)30(11-8-23-12-14-39-15-13-23)41-35(45)47-21-24-4-2-1-3-5-24/h1-7,9-10,16,22-23,28,30-31,39H,8,11-15,17-21H2,(H3,37,38)(H,40,43)(H,41,45)/t28-,30-,31+/m1/s1. The van der Waals surface area contributed by atoms with Crippen molar-refractivity contribution in [2.75, 3.05) is 19.6 Å². The average Bonchev–Trinajstić information content (AvgIpc) is 3.77. The Hall–Kier alpha value is -3.97. The fourth-order valence-electron chi connectivity index (χ4n) is 6.05. The number of nitrogens with one attached hydrogen (secondary N) is 4. The number of nitrogen functional groups attached to an aromatic ring is 1. The molecule has 1 aromatic heterocycles. The maximum atomic E-state index is 14.3. The van der Waals surface area contributed by atoms with Crippen LogP contribution in [0.2, 0.25) is 5.02 Å². The lowest BCUT2D eigenvalue weighted by Gasteiger charge is -2.30. The van der Waals surface area contributed by atoms with Gasteiger partial charge in [-0.25, -0.2) is 4.79 Å². The first-order valence-electron chi connectivity index (χ1n) is 16.3. The molecule has 0 radical (unpaired) electrons. The van der Waals surface area contributed by atoms with Crippen LogP contribution in [0, 0.1) is 11.3 Å². The first-order chi connectivity index (χ1) is 23.2. The summed E-state index contributed by atoms with van der Waals surface area (Å²) >= 11 is 7.44. The van der Waals surface area contributed by atoms with E-state index in [1.54, 1.807) is 28.5 Å². The number of alkyl carbamates (subject to hydrolysis) is 1. The zero-order chi connectivity index (χ0) is 33.9. The zero-order valence-corrected chi connectivity index (χ0v) is 28.4. The summed E-state index contributed by atoms with van der Waals surface area (Å²) in [5.41, 5.74) is 7.96. The first-order valence-corrected chi connectivity index (χ1v) is 17.5. The molecule has 3 aromatic rings. The van der Waals surface area contributed by atoms with Gasteiger partial charge in [-0.05, 0) is 74.0 Å². The zero-order valence-electron chi connectivity index (χ0n) is 26.8. The first kappa shape index (κ1) is 35.3. The van der Waals surface area contributed by atoms with Crippen molar-refractivity contribution in [3.8, 4) is 0 Å². The Morgan fingerprint density at radius 2 is 1.79 bits per heavy atom. The number of amides is 3. The molecule has 2 aliphatic rings. The van der Waals surface area contributed by atoms with Crippen LogP contribution in [0.3, 0.4) is 0 Å². The molecule has 0 bridgehead atoms. The molecule has 48 heavy (non-hydrogen) atoms. The number of hydrogen-bond donors (Lipinski definition) is 5. The molecule has 11 nitrogen and oxygen atoms in total. The van der Waals surface area contributed by atoms with E-state index in [-0.39, 0.29) is 37.3 Å². The lowest BCUT2D eigenvalue weighted by atomic mass is 9.91. The van der Waals surface area contributed by atoms with Crippen molar-refractivity contribution in [1.29, 1.82) is 5.41 Å². The Bertz CT molecular complexity index is 1530. The van der Waals surface area contributed by atoms with E-state index in [9.17, 15) is 14.4 Å². The Kier molecular flexibility index (Phi) is 12.8. The molecule has 256 valence electrons. The lowest BCUT2D eigenvalue weighted by molar-refractivity contribution is -0.140. The second-order valence-corrected chi connectivity index (χ2v) is 13.7. The summed E-state index contributed by atoms with van der Waals surface area (Å²) in [6, 6.07) is 16.8. The number of piperidine rings is 1. The van der Waals surface area contributed by atoms with Gasteiger partial charge in [0.2, 0.25) is 11.8 Å². The van der Waals surface area contributed by atoms with Crippen LogP contribution in [0.5, 0.6) is 0 Å². The monoisotopic (exact) mass is 694 g/mol. The van der Waals surface area contributed by atoms with E-state index in [4.69, 9.17) is 32.2 Å². The Labute approximate surface area is 290 Å². The van der Waals surface area contributed by atoms with Crippen LogP contribution in [0.15, 0.2) is 66.0 Å². The molecule has 2 saturated heterocycles. The number of nitrogens with two attached hydrogens (primary N) is 1. The minimum atomic E-state index is -0.871. The highest BCUT2D eigenvalue weighted by Crippen LogP contribution is 2.26. The minimum absolute atomic E-state index is 0.0394. The maximum Gasteiger partial charge on any atom is 0.408 e. The molecule has 5 rings (SSSR count). The third-order valence-electron chi connectivity index (χ3n) is 8.77. The number of likely N-dealkylation sites (tertiary alicyclic amines) is 1. The van der Waals surface area contributed by atoms with Crippen molar-refractivity contribution in [3.05, 3.63) is 92.6 Å². The van der Waals surface area contributed by atoms with Crippen molar-refractivity contribution in [1.82, 2.24) is 20.9 Å². The molecule has 3 amide bonds. The van der Waals surface area contributed by atoms with E-state index in [0.717, 1.165) is 48.4 Å². The number of ether oxygens (including phenoxy) is 2. The van der Waals surface area contributed by atoms with Crippen molar-refractivity contribution in [2.24, 2.45) is 11.7 Å². The highest BCUT2D eigenvalue weighted by molar-refractivity contribution is 7.10. The van der Waals surface area contributed by atoms with Crippen molar-refractivity contribution in [2.45, 2.75) is 70.1 Å². The van der Waals surface area contributed by atoms with Gasteiger partial charge in [0, 0.05) is 33.8 Å². The lowest BCUT2D eigenvalue weighted by Crippen LogP contribution is -2.53. The Morgan fingerprint density at radius 1 is 1.06 bits per heavy atom. The fourth-order valence-corrected chi connectivity index (χ4v) is 7.00. The largest absolute Gasteiger partial charge is 0.445 e. The second kappa shape index (κ2) is 17.4. The van der Waals surface area contributed by atoms with Gasteiger partial charge in [-0.15, -0.1) is 11.3 Å². The number of amidine groups is 1. The summed E-state index contributed by atoms with van der Waals surface area (Å²) in [5.74, 6) is -0.263. The Balaban J connectivity index is 1.29. The summed E-state index contributed by atoms with van der Waals surface area (Å²) in [7, 11) is 0. The Morgan fingerprint density at radius 3 is 2.50 bits per heavy atom. The number of carbonyl (C=O) groups excluding carboxylic acids is 3. The molecule has 3 heterocycles. The molecule has 2 aliphatic heterocycles. The number of benzene rings is 2. The van der Waals surface area contributed by atoms with Crippen molar-refractivity contribution < 1.29 is 23.9 Å². The van der Waals surface area contributed by atoms with Gasteiger partial charge in [0.25, 0.3) is 0 Å². The number of rotatable bonds is 14. The van der Waals surface area contributed by atoms with Gasteiger partial charge in [0.05, 0.1) is 19.3 Å². The molecule has 0 saturated carbocycles. The molecular weight excluding hydrogens is 652 g/mol. The normalized spacial score (nSPS) is 18.6.